The molecule has 0 aromatic heterocycles. The Hall–Kier alpha value is -0.0900. The Morgan fingerprint density at radius 2 is 2.09 bits per heavy atom. The van der Waals surface area contributed by atoms with Gasteiger partial charge < -0.3 is 0 Å². The smallest absolute Gasteiger partial charge is 0.260 e. The molecule has 1 rings (SSSR count). The van der Waals surface area contributed by atoms with Gasteiger partial charge in [0.15, 0.2) is 5.69 Å². The molecule has 5 heteroatoms. The number of nitrogens with zero attached hydrogens (tertiary/aromatic N) is 1. The minimum atomic E-state index is -0.472. The molecule has 0 radical (unpaired) electrons. The van der Waals surface area contributed by atoms with Gasteiger partial charge in [0.1, 0.15) is 0 Å². The largest absolute Gasteiger partial charge is 1.00 e. The fourth-order valence-electron chi connectivity index (χ4n) is 0.497. The van der Waals surface area contributed by atoms with E-state index in [1.54, 1.807) is 12.1 Å². The number of rotatable bonds is 1. The minimum absolute atomic E-state index is 0. The summed E-state index contributed by atoms with van der Waals surface area (Å²) in [6, 6.07) is 8.68. The van der Waals surface area contributed by atoms with Crippen LogP contribution in [-0.4, -0.2) is 4.92 Å². The molecule has 1 aromatic carbocycles. The van der Waals surface area contributed by atoms with E-state index in [9.17, 15) is 10.1 Å². The molecule has 3 nitrogen and oxygen atoms in total. The van der Waals surface area contributed by atoms with Gasteiger partial charge in [-0.1, -0.05) is 6.07 Å². The van der Waals surface area contributed by atoms with Gasteiger partial charge in [0, 0.05) is 4.92 Å². The molecule has 0 heterocycles. The van der Waals surface area contributed by atoms with Crippen LogP contribution in [0.2, 0.25) is 0 Å². The minimum Gasteiger partial charge on any atom is -0.260 e. The van der Waals surface area contributed by atoms with Gasteiger partial charge in [0.25, 0.3) is 0 Å². The average molecular weight is 182 g/mol. The van der Waals surface area contributed by atoms with Gasteiger partial charge in [0.2, 0.25) is 0 Å². The van der Waals surface area contributed by atoms with Crippen molar-refractivity contribution in [3.63, 3.8) is 0 Å². The van der Waals surface area contributed by atoms with Crippen molar-refractivity contribution in [2.24, 2.45) is 0 Å². The zero-order valence-corrected chi connectivity index (χ0v) is 8.80. The molecule has 0 fully saturated rings. The fraction of sp³-hybridized carbons (Fsp3) is 0. The summed E-state index contributed by atoms with van der Waals surface area (Å²) in [5.74, 6) is 0. The maximum absolute atomic E-state index is 9.98. The van der Waals surface area contributed by atoms with Gasteiger partial charge in [-0.25, -0.2) is 0 Å². The Morgan fingerprint density at radius 3 is 2.36 bits per heavy atom. The maximum atomic E-state index is 9.98. The van der Waals surface area contributed by atoms with Gasteiger partial charge in [-0.05, 0) is 0 Å². The summed E-state index contributed by atoms with van der Waals surface area (Å²) in [4.78, 5) is 9.50. The van der Waals surface area contributed by atoms with Crippen LogP contribution in [-0.2, 0) is 0 Å². The molecule has 0 saturated carbocycles. The molecular formula is C6H5ClNNaO2. The zero-order valence-electron chi connectivity index (χ0n) is 5.98. The monoisotopic (exact) mass is 181 g/mol. The van der Waals surface area contributed by atoms with E-state index in [-0.39, 0.29) is 47.7 Å². The Morgan fingerprint density at radius 1 is 1.45 bits per heavy atom. The molecular weight excluding hydrogens is 177 g/mol. The third-order valence-corrected chi connectivity index (χ3v) is 0.889. The summed E-state index contributed by atoms with van der Waals surface area (Å²) in [6.07, 6.45) is 0. The number of para-hydroxylation sites is 1. The van der Waals surface area contributed by atoms with Crippen LogP contribution in [0.15, 0.2) is 24.3 Å². The van der Waals surface area contributed by atoms with Crippen LogP contribution in [0.4, 0.5) is 5.69 Å². The Balaban J connectivity index is 0. The van der Waals surface area contributed by atoms with Crippen LogP contribution in [0.5, 0.6) is 0 Å². The van der Waals surface area contributed by atoms with Gasteiger partial charge in [0.05, 0.1) is 0 Å². The number of benzene rings is 1. The quantitative estimate of drug-likeness (QED) is 0.237. The van der Waals surface area contributed by atoms with Crippen molar-refractivity contribution in [2.75, 3.05) is 0 Å². The summed E-state index contributed by atoms with van der Waals surface area (Å²) < 4.78 is 0. The molecule has 54 valence electrons. The molecule has 0 spiro atoms. The predicted molar refractivity (Wildman–Crippen MR) is 39.2 cm³/mol. The van der Waals surface area contributed by atoms with E-state index in [0.717, 1.165) is 0 Å². The van der Waals surface area contributed by atoms with Crippen LogP contribution < -0.4 is 29.6 Å². The second kappa shape index (κ2) is 6.61. The molecule has 0 amide bonds. The van der Waals surface area contributed by atoms with E-state index in [2.05, 4.69) is 6.07 Å². The Bertz CT molecular complexity index is 217. The second-order valence-corrected chi connectivity index (χ2v) is 1.50. The van der Waals surface area contributed by atoms with Gasteiger partial charge in [-0.2, -0.15) is 18.2 Å². The molecule has 0 aliphatic rings. The third kappa shape index (κ3) is 4.37. The van der Waals surface area contributed by atoms with Crippen LogP contribution in [0.3, 0.4) is 0 Å². The van der Waals surface area contributed by atoms with Crippen LogP contribution in [0.1, 0.15) is 0 Å². The normalized spacial score (nSPS) is 7.27. The molecule has 1 aromatic rings. The predicted octanol–water partition coefficient (Wildman–Crippen LogP) is -1.18. The molecule has 0 atom stereocenters. The van der Waals surface area contributed by atoms with Crippen LogP contribution in [0.25, 0.3) is 0 Å². The first-order valence-electron chi connectivity index (χ1n) is 2.42. The summed E-state index contributed by atoms with van der Waals surface area (Å²) in [7, 11) is 0. The van der Waals surface area contributed by atoms with Crippen LogP contribution >= 0.6 is 12.4 Å². The van der Waals surface area contributed by atoms with E-state index < -0.39 is 4.92 Å². The number of hydrogen-bond acceptors (Lipinski definition) is 2. The second-order valence-electron chi connectivity index (χ2n) is 1.50. The fourth-order valence-corrected chi connectivity index (χ4v) is 0.497. The summed E-state index contributed by atoms with van der Waals surface area (Å²) in [5, 5.41) is 9.98. The average Bonchev–Trinajstić information content (AvgIpc) is 1.90. The van der Waals surface area contributed by atoms with Crippen molar-refractivity contribution in [2.45, 2.75) is 0 Å². The first kappa shape index (κ1) is 13.5. The van der Waals surface area contributed by atoms with Gasteiger partial charge in [-0.3, -0.25) is 10.1 Å². The number of nitro benzene ring substituents is 1. The van der Waals surface area contributed by atoms with Crippen molar-refractivity contribution < 1.29 is 34.5 Å². The molecule has 0 N–H and O–H groups in total. The van der Waals surface area contributed by atoms with Crippen molar-refractivity contribution in [3.05, 3.63) is 40.4 Å². The van der Waals surface area contributed by atoms with E-state index in [4.69, 9.17) is 0 Å². The van der Waals surface area contributed by atoms with E-state index in [1.165, 1.54) is 12.1 Å². The van der Waals surface area contributed by atoms with E-state index in [1.807, 2.05) is 0 Å². The molecule has 0 aliphatic carbocycles. The van der Waals surface area contributed by atoms with Crippen molar-refractivity contribution >= 4 is 18.1 Å². The molecule has 0 saturated heterocycles. The topological polar surface area (TPSA) is 43.1 Å². The molecule has 11 heavy (non-hydrogen) atoms. The number of hydrogen-bond donors (Lipinski definition) is 0. The van der Waals surface area contributed by atoms with Gasteiger partial charge >= 0.3 is 29.6 Å². The number of non-ortho nitro benzene ring substituents is 1. The standard InChI is InChI=1S/C6H4NO2.ClH.Na/c8-7(9)6-4-2-1-3-5-6;;/h1-4H;1H;/q-1;;+1. The summed E-state index contributed by atoms with van der Waals surface area (Å²) in [5.41, 5.74) is 0.0116. The van der Waals surface area contributed by atoms with E-state index >= 15 is 0 Å². The summed E-state index contributed by atoms with van der Waals surface area (Å²) in [6.45, 7) is 0. The third-order valence-electron chi connectivity index (χ3n) is 0.889. The maximum Gasteiger partial charge on any atom is 1.00 e. The summed E-state index contributed by atoms with van der Waals surface area (Å²) >= 11 is 0. The molecule has 0 unspecified atom stereocenters. The SMILES string of the molecule is Cl.O=[N+]([O-])c1[c-]cccc1.[Na+]. The van der Waals surface area contributed by atoms with Crippen LogP contribution in [0, 0.1) is 16.2 Å². The van der Waals surface area contributed by atoms with E-state index in [0.29, 0.717) is 0 Å². The molecule has 0 bridgehead atoms. The first-order chi connectivity index (χ1) is 4.30. The Kier molecular flexibility index (Phi) is 8.11. The number of halogens is 1. The van der Waals surface area contributed by atoms with Gasteiger partial charge in [-0.15, -0.1) is 18.5 Å². The Labute approximate surface area is 92.7 Å². The zero-order chi connectivity index (χ0) is 6.69. The van der Waals surface area contributed by atoms with Crippen molar-refractivity contribution in [1.29, 1.82) is 0 Å². The molecule has 0 aliphatic heterocycles. The first-order valence-corrected chi connectivity index (χ1v) is 2.42. The van der Waals surface area contributed by atoms with Crippen molar-refractivity contribution in [1.82, 2.24) is 0 Å². The number of nitro groups is 1. The van der Waals surface area contributed by atoms with Crippen molar-refractivity contribution in [3.8, 4) is 0 Å².